The highest BCUT2D eigenvalue weighted by atomic mass is 79.9. The molecule has 0 fully saturated rings. The molecule has 1 aromatic carbocycles. The molecular formula is C13H12BrF2NO3S. The molecule has 1 N–H and O–H groups in total. The summed E-state index contributed by atoms with van der Waals surface area (Å²) >= 11 is 3.20. The maximum atomic E-state index is 12.4. The first-order valence-electron chi connectivity index (χ1n) is 6.00. The van der Waals surface area contributed by atoms with Crippen LogP contribution in [0.5, 0.6) is 0 Å². The molecule has 114 valence electrons. The quantitative estimate of drug-likeness (QED) is 0.831. The molecule has 8 heteroatoms. The fraction of sp³-hybridized carbons (Fsp3) is 0.231. The van der Waals surface area contributed by atoms with E-state index in [9.17, 15) is 17.2 Å². The summed E-state index contributed by atoms with van der Waals surface area (Å²) in [5, 5.41) is 3.05. The molecule has 0 spiro atoms. The Morgan fingerprint density at radius 3 is 2.33 bits per heavy atom. The van der Waals surface area contributed by atoms with Crippen molar-refractivity contribution in [1.29, 1.82) is 0 Å². The first-order valence-corrected chi connectivity index (χ1v) is 8.34. The van der Waals surface area contributed by atoms with Crippen LogP contribution in [0.2, 0.25) is 0 Å². The van der Waals surface area contributed by atoms with E-state index in [1.165, 1.54) is 12.1 Å². The lowest BCUT2D eigenvalue weighted by Crippen LogP contribution is -2.11. The van der Waals surface area contributed by atoms with Crippen molar-refractivity contribution in [1.82, 2.24) is 0 Å². The predicted molar refractivity (Wildman–Crippen MR) is 78.2 cm³/mol. The molecule has 0 aliphatic carbocycles. The van der Waals surface area contributed by atoms with E-state index in [0.717, 1.165) is 17.9 Å². The van der Waals surface area contributed by atoms with Gasteiger partial charge in [0.1, 0.15) is 5.76 Å². The molecule has 21 heavy (non-hydrogen) atoms. The number of alkyl halides is 2. The van der Waals surface area contributed by atoms with E-state index in [-0.39, 0.29) is 0 Å². The van der Waals surface area contributed by atoms with E-state index in [2.05, 4.69) is 21.2 Å². The Morgan fingerprint density at radius 2 is 1.81 bits per heavy atom. The molecule has 4 nitrogen and oxygen atoms in total. The van der Waals surface area contributed by atoms with Crippen molar-refractivity contribution in [2.75, 3.05) is 11.9 Å². The van der Waals surface area contributed by atoms with Gasteiger partial charge in [0.15, 0.2) is 4.67 Å². The molecule has 1 aromatic heterocycles. The maximum Gasteiger partial charge on any atom is 0.341 e. The Balaban J connectivity index is 1.94. The predicted octanol–water partition coefficient (Wildman–Crippen LogP) is 3.69. The molecule has 0 atom stereocenters. The molecule has 0 aliphatic heterocycles. The topological polar surface area (TPSA) is 59.3 Å². The average molecular weight is 380 g/mol. The van der Waals surface area contributed by atoms with Crippen molar-refractivity contribution in [2.45, 2.75) is 17.1 Å². The van der Waals surface area contributed by atoms with Crippen LogP contribution in [0.15, 0.2) is 50.4 Å². The number of hydrogen-bond acceptors (Lipinski definition) is 4. The molecule has 0 aliphatic rings. The minimum absolute atomic E-state index is 0.391. The Kier molecular flexibility index (Phi) is 5.00. The number of nitrogens with one attached hydrogen (secondary N) is 1. The van der Waals surface area contributed by atoms with Crippen LogP contribution in [0.3, 0.4) is 0 Å². The largest absolute Gasteiger partial charge is 0.454 e. The van der Waals surface area contributed by atoms with Crippen LogP contribution < -0.4 is 5.32 Å². The lowest BCUT2D eigenvalue weighted by atomic mass is 10.3. The second kappa shape index (κ2) is 6.57. The molecule has 2 aromatic rings. The lowest BCUT2D eigenvalue weighted by Gasteiger charge is -2.07. The third-order valence-corrected chi connectivity index (χ3v) is 4.57. The number of benzene rings is 1. The van der Waals surface area contributed by atoms with E-state index in [1.807, 2.05) is 6.07 Å². The van der Waals surface area contributed by atoms with Crippen LogP contribution in [-0.4, -0.2) is 20.7 Å². The number of sulfone groups is 1. The number of furan rings is 1. The van der Waals surface area contributed by atoms with E-state index in [1.54, 1.807) is 6.07 Å². The van der Waals surface area contributed by atoms with Crippen molar-refractivity contribution in [3.05, 3.63) is 46.8 Å². The van der Waals surface area contributed by atoms with E-state index < -0.39 is 20.5 Å². The van der Waals surface area contributed by atoms with Gasteiger partial charge < -0.3 is 9.73 Å². The SMILES string of the molecule is O=S(=O)(c1ccc(NCCc2ccc(Br)o2)cc1)C(F)F. The Labute approximate surface area is 129 Å². The Morgan fingerprint density at radius 1 is 1.14 bits per heavy atom. The van der Waals surface area contributed by atoms with Crippen LogP contribution in [0.4, 0.5) is 14.5 Å². The van der Waals surface area contributed by atoms with Crippen LogP contribution in [0.1, 0.15) is 5.76 Å². The molecule has 0 amide bonds. The van der Waals surface area contributed by atoms with E-state index in [0.29, 0.717) is 23.3 Å². The van der Waals surface area contributed by atoms with Crippen molar-refractivity contribution in [2.24, 2.45) is 0 Å². The minimum Gasteiger partial charge on any atom is -0.454 e. The van der Waals surface area contributed by atoms with Crippen LogP contribution in [-0.2, 0) is 16.3 Å². The lowest BCUT2D eigenvalue weighted by molar-refractivity contribution is 0.234. The normalized spacial score (nSPS) is 11.8. The number of anilines is 1. The van der Waals surface area contributed by atoms with Crippen molar-refractivity contribution < 1.29 is 21.6 Å². The molecular weight excluding hydrogens is 368 g/mol. The molecule has 0 saturated carbocycles. The highest BCUT2D eigenvalue weighted by Gasteiger charge is 2.26. The number of halogens is 3. The van der Waals surface area contributed by atoms with Gasteiger partial charge in [0.2, 0.25) is 9.84 Å². The van der Waals surface area contributed by atoms with Gasteiger partial charge in [-0.05, 0) is 52.3 Å². The van der Waals surface area contributed by atoms with Gasteiger partial charge in [-0.3, -0.25) is 0 Å². The second-order valence-electron chi connectivity index (χ2n) is 4.21. The summed E-state index contributed by atoms with van der Waals surface area (Å²) in [5.74, 6) is -2.61. The standard InChI is InChI=1S/C13H12BrF2NO3S/c14-12-6-3-10(20-12)7-8-17-9-1-4-11(5-2-9)21(18,19)13(15)16/h1-6,13,17H,7-8H2. The summed E-state index contributed by atoms with van der Waals surface area (Å²) in [6.45, 7) is 0.570. The van der Waals surface area contributed by atoms with Crippen molar-refractivity contribution in [3.8, 4) is 0 Å². The summed E-state index contributed by atoms with van der Waals surface area (Å²) in [4.78, 5) is -0.391. The first-order chi connectivity index (χ1) is 9.89. The number of rotatable bonds is 6. The zero-order chi connectivity index (χ0) is 15.5. The molecule has 0 saturated heterocycles. The molecule has 0 bridgehead atoms. The van der Waals surface area contributed by atoms with Gasteiger partial charge in [-0.15, -0.1) is 0 Å². The van der Waals surface area contributed by atoms with Gasteiger partial charge in [-0.25, -0.2) is 8.42 Å². The highest BCUT2D eigenvalue weighted by Crippen LogP contribution is 2.20. The van der Waals surface area contributed by atoms with Gasteiger partial charge in [-0.1, -0.05) is 0 Å². The summed E-state index contributed by atoms with van der Waals surface area (Å²) in [6, 6.07) is 8.85. The summed E-state index contributed by atoms with van der Waals surface area (Å²) in [7, 11) is -4.54. The fourth-order valence-electron chi connectivity index (χ4n) is 1.68. The maximum absolute atomic E-state index is 12.4. The first kappa shape index (κ1) is 16.0. The van der Waals surface area contributed by atoms with Crippen LogP contribution >= 0.6 is 15.9 Å². The van der Waals surface area contributed by atoms with Gasteiger partial charge in [0.25, 0.3) is 0 Å². The van der Waals surface area contributed by atoms with Gasteiger partial charge >= 0.3 is 5.76 Å². The van der Waals surface area contributed by atoms with E-state index in [4.69, 9.17) is 4.42 Å². The summed E-state index contributed by atoms with van der Waals surface area (Å²) < 4.78 is 53.2. The van der Waals surface area contributed by atoms with Gasteiger partial charge in [-0.2, -0.15) is 8.78 Å². The third kappa shape index (κ3) is 4.04. The molecule has 2 rings (SSSR count). The van der Waals surface area contributed by atoms with Gasteiger partial charge in [0, 0.05) is 18.7 Å². The van der Waals surface area contributed by atoms with Crippen molar-refractivity contribution in [3.63, 3.8) is 0 Å². The third-order valence-electron chi connectivity index (χ3n) is 2.75. The van der Waals surface area contributed by atoms with Crippen LogP contribution in [0.25, 0.3) is 0 Å². The van der Waals surface area contributed by atoms with Crippen molar-refractivity contribution >= 4 is 31.5 Å². The smallest absolute Gasteiger partial charge is 0.341 e. The zero-order valence-corrected chi connectivity index (χ0v) is 13.1. The van der Waals surface area contributed by atoms with E-state index >= 15 is 0 Å². The summed E-state index contributed by atoms with van der Waals surface area (Å²) in [5.41, 5.74) is 0.647. The Hall–Kier alpha value is -1.41. The minimum atomic E-state index is -4.54. The monoisotopic (exact) mass is 379 g/mol. The Bertz CT molecular complexity index is 698. The van der Waals surface area contributed by atoms with Gasteiger partial charge in [0.05, 0.1) is 4.90 Å². The molecule has 0 radical (unpaired) electrons. The second-order valence-corrected chi connectivity index (χ2v) is 6.91. The number of hydrogen-bond donors (Lipinski definition) is 1. The zero-order valence-electron chi connectivity index (χ0n) is 10.7. The summed E-state index contributed by atoms with van der Waals surface area (Å²) in [6.07, 6.45) is 0.642. The average Bonchev–Trinajstić information content (AvgIpc) is 2.85. The molecule has 0 unspecified atom stereocenters. The fourth-order valence-corrected chi connectivity index (χ4v) is 2.74. The molecule has 1 heterocycles. The highest BCUT2D eigenvalue weighted by molar-refractivity contribution is 9.10. The van der Waals surface area contributed by atoms with Crippen LogP contribution in [0, 0.1) is 0 Å².